The number of nitrogens with one attached hydrogen (secondary N) is 1. The van der Waals surface area contributed by atoms with Crippen molar-refractivity contribution in [1.82, 2.24) is 5.32 Å². The molecular weight excluding hydrogens is 273 g/mol. The zero-order valence-electron chi connectivity index (χ0n) is 8.81. The van der Waals surface area contributed by atoms with Crippen molar-refractivity contribution in [2.75, 3.05) is 12.4 Å². The second kappa shape index (κ2) is 8.14. The Morgan fingerprint density at radius 2 is 2.07 bits per heavy atom. The summed E-state index contributed by atoms with van der Waals surface area (Å²) in [6, 6.07) is 8.39. The summed E-state index contributed by atoms with van der Waals surface area (Å²) < 4.78 is 1.14. The maximum Gasteiger partial charge on any atom is 0.0223 e. The van der Waals surface area contributed by atoms with Crippen LogP contribution in [0.15, 0.2) is 28.7 Å². The third-order valence-corrected chi connectivity index (χ3v) is 2.97. The smallest absolute Gasteiger partial charge is 0.0223 e. The van der Waals surface area contributed by atoms with Crippen LogP contribution in [0.1, 0.15) is 24.8 Å². The van der Waals surface area contributed by atoms with Gasteiger partial charge in [-0.2, -0.15) is 0 Å². The van der Waals surface area contributed by atoms with E-state index < -0.39 is 0 Å². The molecule has 1 N–H and O–H groups in total. The standard InChI is InChI=1S/C12H17BrClN/c13-12-6-4-5-11(9-12)10-15-8-3-1-2-7-14/h4-6,9,15H,1-3,7-8,10H2. The molecule has 0 aliphatic carbocycles. The summed E-state index contributed by atoms with van der Waals surface area (Å²) in [7, 11) is 0. The lowest BCUT2D eigenvalue weighted by molar-refractivity contribution is 0.618. The maximum absolute atomic E-state index is 5.60. The molecule has 0 unspecified atom stereocenters. The van der Waals surface area contributed by atoms with E-state index in [1.807, 2.05) is 6.07 Å². The first-order valence-corrected chi connectivity index (χ1v) is 6.67. The number of unbranched alkanes of at least 4 members (excludes halogenated alkanes) is 2. The molecule has 0 saturated heterocycles. The molecule has 0 saturated carbocycles. The van der Waals surface area contributed by atoms with Crippen LogP contribution in [0.25, 0.3) is 0 Å². The molecule has 0 atom stereocenters. The minimum absolute atomic E-state index is 0.783. The van der Waals surface area contributed by atoms with Crippen LogP contribution in [0.2, 0.25) is 0 Å². The lowest BCUT2D eigenvalue weighted by atomic mass is 10.2. The van der Waals surface area contributed by atoms with E-state index in [2.05, 4.69) is 39.4 Å². The van der Waals surface area contributed by atoms with E-state index in [-0.39, 0.29) is 0 Å². The predicted octanol–water partition coefficient (Wildman–Crippen LogP) is 3.95. The SMILES string of the molecule is ClCCCCCNCc1cccc(Br)c1. The van der Waals surface area contributed by atoms with Gasteiger partial charge in [-0.1, -0.05) is 34.5 Å². The number of hydrogen-bond donors (Lipinski definition) is 1. The molecule has 0 fully saturated rings. The molecule has 1 aromatic rings. The monoisotopic (exact) mass is 289 g/mol. The van der Waals surface area contributed by atoms with Crippen LogP contribution >= 0.6 is 27.5 Å². The lowest BCUT2D eigenvalue weighted by Crippen LogP contribution is -2.14. The first-order valence-electron chi connectivity index (χ1n) is 5.34. The van der Waals surface area contributed by atoms with Crippen LogP contribution in [0, 0.1) is 0 Å². The molecule has 0 radical (unpaired) electrons. The molecule has 0 aromatic heterocycles. The second-order valence-corrected chi connectivity index (χ2v) is 4.85. The minimum Gasteiger partial charge on any atom is -0.313 e. The fraction of sp³-hybridized carbons (Fsp3) is 0.500. The fourth-order valence-corrected chi connectivity index (χ4v) is 2.04. The van der Waals surface area contributed by atoms with Gasteiger partial charge in [0.15, 0.2) is 0 Å². The quantitative estimate of drug-likeness (QED) is 0.592. The van der Waals surface area contributed by atoms with Crippen molar-refractivity contribution < 1.29 is 0 Å². The number of hydrogen-bond acceptors (Lipinski definition) is 1. The van der Waals surface area contributed by atoms with Crippen molar-refractivity contribution in [3.63, 3.8) is 0 Å². The molecule has 1 rings (SSSR count). The van der Waals surface area contributed by atoms with E-state index in [1.165, 1.54) is 18.4 Å². The van der Waals surface area contributed by atoms with Gasteiger partial charge in [-0.3, -0.25) is 0 Å². The molecule has 0 bridgehead atoms. The molecule has 0 amide bonds. The third-order valence-electron chi connectivity index (χ3n) is 2.21. The summed E-state index contributed by atoms with van der Waals surface area (Å²) in [6.45, 7) is 2.02. The van der Waals surface area contributed by atoms with Crippen molar-refractivity contribution in [1.29, 1.82) is 0 Å². The molecule has 0 aliphatic heterocycles. The van der Waals surface area contributed by atoms with Crippen molar-refractivity contribution in [2.24, 2.45) is 0 Å². The molecule has 0 heterocycles. The normalized spacial score (nSPS) is 10.5. The Bertz CT molecular complexity index is 278. The Morgan fingerprint density at radius 3 is 2.80 bits per heavy atom. The van der Waals surface area contributed by atoms with Crippen molar-refractivity contribution in [3.8, 4) is 0 Å². The summed E-state index contributed by atoms with van der Waals surface area (Å²) >= 11 is 9.06. The van der Waals surface area contributed by atoms with Crippen molar-refractivity contribution in [2.45, 2.75) is 25.8 Å². The molecular formula is C12H17BrClN. The molecule has 15 heavy (non-hydrogen) atoms. The molecule has 1 aromatic carbocycles. The highest BCUT2D eigenvalue weighted by Crippen LogP contribution is 2.11. The average Bonchev–Trinajstić information content (AvgIpc) is 2.23. The molecule has 0 spiro atoms. The summed E-state index contributed by atoms with van der Waals surface area (Å²) in [5, 5.41) is 3.42. The average molecular weight is 291 g/mol. The summed E-state index contributed by atoms with van der Waals surface area (Å²) in [5.74, 6) is 0.783. The zero-order valence-corrected chi connectivity index (χ0v) is 11.1. The van der Waals surface area contributed by atoms with Crippen LogP contribution in [-0.2, 0) is 6.54 Å². The minimum atomic E-state index is 0.783. The Labute approximate surface area is 105 Å². The largest absolute Gasteiger partial charge is 0.313 e. The van der Waals surface area contributed by atoms with E-state index in [4.69, 9.17) is 11.6 Å². The summed E-state index contributed by atoms with van der Waals surface area (Å²) in [6.07, 6.45) is 3.55. The number of alkyl halides is 1. The molecule has 1 nitrogen and oxygen atoms in total. The van der Waals surface area contributed by atoms with Gasteiger partial charge in [-0.05, 0) is 37.1 Å². The Balaban J connectivity index is 2.10. The Kier molecular flexibility index (Phi) is 7.07. The molecule has 3 heteroatoms. The van der Waals surface area contributed by atoms with E-state index in [9.17, 15) is 0 Å². The van der Waals surface area contributed by atoms with Crippen LogP contribution in [-0.4, -0.2) is 12.4 Å². The van der Waals surface area contributed by atoms with E-state index >= 15 is 0 Å². The lowest BCUT2D eigenvalue weighted by Gasteiger charge is -2.04. The van der Waals surface area contributed by atoms with Gasteiger partial charge in [0.05, 0.1) is 0 Å². The molecule has 0 aliphatic rings. The first-order chi connectivity index (χ1) is 7.33. The number of halogens is 2. The highest BCUT2D eigenvalue weighted by atomic mass is 79.9. The van der Waals surface area contributed by atoms with Gasteiger partial charge < -0.3 is 5.32 Å². The van der Waals surface area contributed by atoms with E-state index in [0.717, 1.165) is 29.9 Å². The highest BCUT2D eigenvalue weighted by molar-refractivity contribution is 9.10. The third kappa shape index (κ3) is 6.18. The van der Waals surface area contributed by atoms with Crippen LogP contribution in [0.3, 0.4) is 0 Å². The first kappa shape index (κ1) is 13.0. The van der Waals surface area contributed by atoms with Crippen molar-refractivity contribution >= 4 is 27.5 Å². The van der Waals surface area contributed by atoms with Gasteiger partial charge in [-0.15, -0.1) is 11.6 Å². The maximum atomic E-state index is 5.60. The zero-order chi connectivity index (χ0) is 10.9. The number of rotatable bonds is 7. The van der Waals surface area contributed by atoms with Crippen LogP contribution in [0.4, 0.5) is 0 Å². The second-order valence-electron chi connectivity index (χ2n) is 3.56. The summed E-state index contributed by atoms with van der Waals surface area (Å²) in [4.78, 5) is 0. The van der Waals surface area contributed by atoms with Crippen LogP contribution in [0.5, 0.6) is 0 Å². The highest BCUT2D eigenvalue weighted by Gasteiger charge is 1.93. The fourth-order valence-electron chi connectivity index (χ4n) is 1.40. The number of benzene rings is 1. The topological polar surface area (TPSA) is 12.0 Å². The Morgan fingerprint density at radius 1 is 1.20 bits per heavy atom. The van der Waals surface area contributed by atoms with E-state index in [1.54, 1.807) is 0 Å². The van der Waals surface area contributed by atoms with Gasteiger partial charge in [0.25, 0.3) is 0 Å². The van der Waals surface area contributed by atoms with Crippen LogP contribution < -0.4 is 5.32 Å². The van der Waals surface area contributed by atoms with Gasteiger partial charge in [0.2, 0.25) is 0 Å². The van der Waals surface area contributed by atoms with Gasteiger partial charge >= 0.3 is 0 Å². The van der Waals surface area contributed by atoms with Gasteiger partial charge in [0.1, 0.15) is 0 Å². The van der Waals surface area contributed by atoms with E-state index in [0.29, 0.717) is 0 Å². The van der Waals surface area contributed by atoms with Crippen molar-refractivity contribution in [3.05, 3.63) is 34.3 Å². The van der Waals surface area contributed by atoms with Gasteiger partial charge in [0, 0.05) is 16.9 Å². The molecule has 84 valence electrons. The Hall–Kier alpha value is -0.0500. The summed E-state index contributed by atoms with van der Waals surface area (Å²) in [5.41, 5.74) is 1.32. The predicted molar refractivity (Wildman–Crippen MR) is 70.4 cm³/mol. The van der Waals surface area contributed by atoms with Gasteiger partial charge in [-0.25, -0.2) is 0 Å².